The van der Waals surface area contributed by atoms with E-state index in [-0.39, 0.29) is 11.5 Å². The van der Waals surface area contributed by atoms with Crippen LogP contribution in [0.3, 0.4) is 0 Å². The number of carbonyl (C=O) groups excluding carboxylic acids is 3. The molecule has 41 heavy (non-hydrogen) atoms. The number of hydrogen-bond donors (Lipinski definition) is 2. The zero-order chi connectivity index (χ0) is 29.2. The highest BCUT2D eigenvalue weighted by atomic mass is 16.5. The third-order valence-corrected chi connectivity index (χ3v) is 6.20. The number of aryl methyl sites for hydroxylation is 1. The molecule has 2 N–H and O–H groups in total. The van der Waals surface area contributed by atoms with Crippen LogP contribution in [0.4, 0.5) is 5.69 Å². The number of carbonyl (C=O) groups is 3. The lowest BCUT2D eigenvalue weighted by molar-refractivity contribution is -0.113. The van der Waals surface area contributed by atoms with E-state index in [1.165, 1.54) is 26.4 Å². The fourth-order valence-electron chi connectivity index (χ4n) is 3.91. The predicted octanol–water partition coefficient (Wildman–Crippen LogP) is 6.32. The molecule has 2 amide bonds. The standard InChI is InChI=1S/C34H30N2O5/c1-23-9-11-24(12-10-23)13-19-31(37)25-14-16-28(17-15-25)35-34(39)30(36-33(38)26-7-5-4-6-8-26)22-27-21-29(40-2)18-20-32(27)41-3/h4-22H,1-3H3,(H,35,39)(H,36,38)/b19-13+,30-22-. The van der Waals surface area contributed by atoms with Gasteiger partial charge in [-0.05, 0) is 79.2 Å². The van der Waals surface area contributed by atoms with Gasteiger partial charge in [0.1, 0.15) is 17.2 Å². The first-order valence-corrected chi connectivity index (χ1v) is 12.9. The average molecular weight is 547 g/mol. The van der Waals surface area contributed by atoms with E-state index in [0.717, 1.165) is 11.1 Å². The zero-order valence-electron chi connectivity index (χ0n) is 23.0. The van der Waals surface area contributed by atoms with Gasteiger partial charge in [-0.1, -0.05) is 54.1 Å². The Morgan fingerprint density at radius 2 is 1.46 bits per heavy atom. The molecule has 0 saturated heterocycles. The van der Waals surface area contributed by atoms with E-state index >= 15 is 0 Å². The van der Waals surface area contributed by atoms with Gasteiger partial charge < -0.3 is 20.1 Å². The molecule has 0 aliphatic carbocycles. The summed E-state index contributed by atoms with van der Waals surface area (Å²) in [4.78, 5) is 39.0. The van der Waals surface area contributed by atoms with Gasteiger partial charge in [0.2, 0.25) is 0 Å². The third-order valence-electron chi connectivity index (χ3n) is 6.20. The number of amides is 2. The summed E-state index contributed by atoms with van der Waals surface area (Å²) in [6.45, 7) is 2.00. The maximum absolute atomic E-state index is 13.4. The van der Waals surface area contributed by atoms with Gasteiger partial charge in [-0.15, -0.1) is 0 Å². The first-order chi connectivity index (χ1) is 19.9. The Labute approximate surface area is 239 Å². The SMILES string of the molecule is COc1ccc(OC)c(/C=C(\NC(=O)c2ccccc2)C(=O)Nc2ccc(C(=O)/C=C/c3ccc(C)cc3)cc2)c1. The van der Waals surface area contributed by atoms with Crippen molar-refractivity contribution in [3.8, 4) is 11.5 Å². The lowest BCUT2D eigenvalue weighted by atomic mass is 10.1. The van der Waals surface area contributed by atoms with Crippen molar-refractivity contribution in [1.29, 1.82) is 0 Å². The van der Waals surface area contributed by atoms with Gasteiger partial charge in [0.05, 0.1) is 14.2 Å². The van der Waals surface area contributed by atoms with Gasteiger partial charge >= 0.3 is 0 Å². The molecule has 0 fully saturated rings. The van der Waals surface area contributed by atoms with E-state index in [0.29, 0.717) is 33.9 Å². The first kappa shape index (κ1) is 28.6. The van der Waals surface area contributed by atoms with Gasteiger partial charge in [-0.2, -0.15) is 0 Å². The van der Waals surface area contributed by atoms with Crippen molar-refractivity contribution in [3.63, 3.8) is 0 Å². The van der Waals surface area contributed by atoms with Crippen LogP contribution in [-0.2, 0) is 4.79 Å². The number of allylic oxidation sites excluding steroid dienone is 1. The molecule has 0 saturated carbocycles. The zero-order valence-corrected chi connectivity index (χ0v) is 23.0. The molecule has 0 spiro atoms. The molecule has 0 aliphatic heterocycles. The molecule has 0 unspecified atom stereocenters. The molecule has 7 nitrogen and oxygen atoms in total. The number of hydrogen-bond acceptors (Lipinski definition) is 5. The molecule has 0 aliphatic rings. The van der Waals surface area contributed by atoms with Crippen molar-refractivity contribution in [2.45, 2.75) is 6.92 Å². The van der Waals surface area contributed by atoms with Crippen molar-refractivity contribution in [2.24, 2.45) is 0 Å². The quantitative estimate of drug-likeness (QED) is 0.179. The maximum Gasteiger partial charge on any atom is 0.272 e. The number of rotatable bonds is 10. The van der Waals surface area contributed by atoms with Crippen LogP contribution in [0.25, 0.3) is 12.2 Å². The lowest BCUT2D eigenvalue weighted by Gasteiger charge is -2.13. The number of nitrogens with one attached hydrogen (secondary N) is 2. The summed E-state index contributed by atoms with van der Waals surface area (Å²) < 4.78 is 10.8. The number of ketones is 1. The highest BCUT2D eigenvalue weighted by Crippen LogP contribution is 2.26. The second kappa shape index (κ2) is 13.6. The van der Waals surface area contributed by atoms with E-state index in [1.807, 2.05) is 31.2 Å². The van der Waals surface area contributed by atoms with E-state index in [1.54, 1.807) is 78.9 Å². The normalized spacial score (nSPS) is 11.1. The summed E-state index contributed by atoms with van der Waals surface area (Å²) in [5.41, 5.74) is 3.92. The molecule has 0 aromatic heterocycles. The Bertz CT molecular complexity index is 1590. The number of methoxy groups -OCH3 is 2. The Morgan fingerprint density at radius 1 is 0.756 bits per heavy atom. The molecule has 0 radical (unpaired) electrons. The van der Waals surface area contributed by atoms with Crippen LogP contribution < -0.4 is 20.1 Å². The molecular formula is C34H30N2O5. The first-order valence-electron chi connectivity index (χ1n) is 12.9. The molecule has 4 aromatic rings. The molecule has 0 heterocycles. The Kier molecular flexibility index (Phi) is 9.46. The van der Waals surface area contributed by atoms with Crippen LogP contribution in [0.2, 0.25) is 0 Å². The summed E-state index contributed by atoms with van der Waals surface area (Å²) >= 11 is 0. The molecule has 206 valence electrons. The molecule has 7 heteroatoms. The fraction of sp³-hybridized carbons (Fsp3) is 0.0882. The molecule has 4 aromatic carbocycles. The average Bonchev–Trinajstić information content (AvgIpc) is 3.01. The minimum atomic E-state index is -0.558. The summed E-state index contributed by atoms with van der Waals surface area (Å²) in [6, 6.07) is 28.1. The van der Waals surface area contributed by atoms with Crippen LogP contribution >= 0.6 is 0 Å². The van der Waals surface area contributed by atoms with Gasteiger partial charge in [-0.25, -0.2) is 0 Å². The largest absolute Gasteiger partial charge is 0.497 e. The lowest BCUT2D eigenvalue weighted by Crippen LogP contribution is -2.30. The monoisotopic (exact) mass is 546 g/mol. The van der Waals surface area contributed by atoms with Gasteiger partial charge in [-0.3, -0.25) is 14.4 Å². The molecule has 4 rings (SSSR count). The van der Waals surface area contributed by atoms with Crippen molar-refractivity contribution >= 4 is 35.4 Å². The smallest absolute Gasteiger partial charge is 0.272 e. The Morgan fingerprint density at radius 3 is 2.12 bits per heavy atom. The highest BCUT2D eigenvalue weighted by Gasteiger charge is 2.17. The second-order valence-electron chi connectivity index (χ2n) is 9.13. The van der Waals surface area contributed by atoms with Gasteiger partial charge in [0, 0.05) is 22.4 Å². The number of benzene rings is 4. The van der Waals surface area contributed by atoms with Crippen LogP contribution in [0, 0.1) is 6.92 Å². The summed E-state index contributed by atoms with van der Waals surface area (Å²) in [7, 11) is 3.05. The summed E-state index contributed by atoms with van der Waals surface area (Å²) in [5.74, 6) is -0.119. The van der Waals surface area contributed by atoms with E-state index in [2.05, 4.69) is 10.6 Å². The maximum atomic E-state index is 13.4. The summed E-state index contributed by atoms with van der Waals surface area (Å²) in [6.07, 6.45) is 4.79. The summed E-state index contributed by atoms with van der Waals surface area (Å²) in [5, 5.41) is 5.50. The fourth-order valence-corrected chi connectivity index (χ4v) is 3.91. The van der Waals surface area contributed by atoms with Crippen molar-refractivity contribution in [3.05, 3.63) is 137 Å². The third kappa shape index (κ3) is 7.80. The minimum absolute atomic E-state index is 0.00779. The van der Waals surface area contributed by atoms with Crippen LogP contribution in [0.1, 0.15) is 37.4 Å². The van der Waals surface area contributed by atoms with Crippen molar-refractivity contribution in [2.75, 3.05) is 19.5 Å². The second-order valence-corrected chi connectivity index (χ2v) is 9.13. The topological polar surface area (TPSA) is 93.7 Å². The van der Waals surface area contributed by atoms with Gasteiger partial charge in [0.25, 0.3) is 11.8 Å². The minimum Gasteiger partial charge on any atom is -0.497 e. The predicted molar refractivity (Wildman–Crippen MR) is 161 cm³/mol. The molecular weight excluding hydrogens is 516 g/mol. The van der Waals surface area contributed by atoms with Crippen LogP contribution in [0.15, 0.2) is 109 Å². The van der Waals surface area contributed by atoms with Crippen LogP contribution in [0.5, 0.6) is 11.5 Å². The Hall–Kier alpha value is -5.43. The Balaban J connectivity index is 1.55. The molecule has 0 atom stereocenters. The van der Waals surface area contributed by atoms with Crippen LogP contribution in [-0.4, -0.2) is 31.8 Å². The van der Waals surface area contributed by atoms with E-state index < -0.39 is 11.8 Å². The van der Waals surface area contributed by atoms with Crippen molar-refractivity contribution in [1.82, 2.24) is 5.32 Å². The highest BCUT2D eigenvalue weighted by molar-refractivity contribution is 6.11. The van der Waals surface area contributed by atoms with E-state index in [4.69, 9.17) is 9.47 Å². The number of ether oxygens (including phenoxy) is 2. The van der Waals surface area contributed by atoms with Crippen molar-refractivity contribution < 1.29 is 23.9 Å². The number of anilines is 1. The molecule has 0 bridgehead atoms. The van der Waals surface area contributed by atoms with E-state index in [9.17, 15) is 14.4 Å². The van der Waals surface area contributed by atoms with Gasteiger partial charge in [0.15, 0.2) is 5.78 Å².